The van der Waals surface area contributed by atoms with E-state index < -0.39 is 17.5 Å². The smallest absolute Gasteiger partial charge is 0.261 e. The van der Waals surface area contributed by atoms with Crippen LogP contribution in [0.25, 0.3) is 10.4 Å². The molecule has 3 aromatic rings. The van der Waals surface area contributed by atoms with Gasteiger partial charge in [-0.1, -0.05) is 24.3 Å². The zero-order valence-corrected chi connectivity index (χ0v) is 15.5. The molecule has 0 saturated heterocycles. The number of hydrogen-bond donors (Lipinski definition) is 2. The zero-order chi connectivity index (χ0) is 19.7. The molecule has 0 aliphatic heterocycles. The normalized spacial score (nSPS) is 12.1. The largest absolute Gasteiger partial charge is 0.342 e. The van der Waals surface area contributed by atoms with Crippen LogP contribution >= 0.6 is 11.3 Å². The van der Waals surface area contributed by atoms with Crippen molar-refractivity contribution in [3.63, 3.8) is 0 Å². The molecule has 1 heterocycles. The summed E-state index contributed by atoms with van der Waals surface area (Å²) in [7, 11) is 0. The molecule has 0 fully saturated rings. The summed E-state index contributed by atoms with van der Waals surface area (Å²) < 4.78 is 26.1. The molecule has 2 amide bonds. The van der Waals surface area contributed by atoms with Gasteiger partial charge in [-0.25, -0.2) is 8.78 Å². The number of carbonyl (C=O) groups excluding carboxylic acids is 2. The average molecular weight is 398 g/mol. The van der Waals surface area contributed by atoms with Crippen LogP contribution in [0.15, 0.2) is 48.5 Å². The maximum Gasteiger partial charge on any atom is 0.261 e. The van der Waals surface area contributed by atoms with Crippen molar-refractivity contribution in [2.45, 2.75) is 12.8 Å². The molecule has 28 heavy (non-hydrogen) atoms. The third-order valence-electron chi connectivity index (χ3n) is 4.57. The van der Waals surface area contributed by atoms with Gasteiger partial charge in [0.2, 0.25) is 5.91 Å². The summed E-state index contributed by atoms with van der Waals surface area (Å²) in [5, 5.41) is 4.99. The van der Waals surface area contributed by atoms with E-state index in [9.17, 15) is 18.4 Å². The summed E-state index contributed by atoms with van der Waals surface area (Å²) in [6, 6.07) is 13.1. The van der Waals surface area contributed by atoms with Crippen LogP contribution in [0.1, 0.15) is 20.8 Å². The predicted octanol–water partition coefficient (Wildman–Crippen LogP) is 4.16. The maximum absolute atomic E-state index is 13.2. The third kappa shape index (κ3) is 3.66. The second kappa shape index (κ2) is 7.52. The first-order chi connectivity index (χ1) is 13.5. The molecule has 1 aromatic heterocycles. The van der Waals surface area contributed by atoms with Crippen LogP contribution in [0.4, 0.5) is 14.5 Å². The van der Waals surface area contributed by atoms with E-state index in [-0.39, 0.29) is 18.1 Å². The van der Waals surface area contributed by atoms with Gasteiger partial charge < -0.3 is 10.6 Å². The number of thiophene rings is 1. The molecule has 0 saturated carbocycles. The first kappa shape index (κ1) is 18.3. The van der Waals surface area contributed by atoms with Crippen LogP contribution in [0.5, 0.6) is 0 Å². The average Bonchev–Trinajstić information content (AvgIpc) is 3.14. The van der Waals surface area contributed by atoms with E-state index >= 15 is 0 Å². The van der Waals surface area contributed by atoms with Gasteiger partial charge >= 0.3 is 0 Å². The van der Waals surface area contributed by atoms with Gasteiger partial charge in [0.05, 0.1) is 11.4 Å². The molecule has 1 aliphatic rings. The number of carbonyl (C=O) groups is 2. The van der Waals surface area contributed by atoms with E-state index in [1.54, 1.807) is 0 Å². The number of nitrogens with one attached hydrogen (secondary N) is 2. The molecule has 0 atom stereocenters. The summed E-state index contributed by atoms with van der Waals surface area (Å²) in [5.41, 5.74) is 3.69. The lowest BCUT2D eigenvalue weighted by Crippen LogP contribution is -2.32. The minimum atomic E-state index is -1.05. The fourth-order valence-corrected chi connectivity index (χ4v) is 4.40. The Kier molecular flexibility index (Phi) is 4.92. The Labute approximate surface area is 164 Å². The van der Waals surface area contributed by atoms with Crippen molar-refractivity contribution in [1.29, 1.82) is 0 Å². The van der Waals surface area contributed by atoms with Crippen LogP contribution in [0.2, 0.25) is 0 Å². The molecule has 4 nitrogen and oxygen atoms in total. The van der Waals surface area contributed by atoms with Crippen molar-refractivity contribution in [3.8, 4) is 10.4 Å². The Balaban J connectivity index is 1.40. The maximum atomic E-state index is 13.2. The Morgan fingerprint density at radius 1 is 0.964 bits per heavy atom. The molecular weight excluding hydrogens is 382 g/mol. The molecule has 0 bridgehead atoms. The molecule has 4 rings (SSSR count). The number of rotatable bonds is 4. The molecule has 1 aliphatic carbocycles. The summed E-state index contributed by atoms with van der Waals surface area (Å²) in [4.78, 5) is 26.0. The predicted molar refractivity (Wildman–Crippen MR) is 104 cm³/mol. The van der Waals surface area contributed by atoms with E-state index in [1.807, 2.05) is 18.2 Å². The number of amides is 2. The van der Waals surface area contributed by atoms with E-state index in [0.29, 0.717) is 4.88 Å². The first-order valence-electron chi connectivity index (χ1n) is 8.75. The summed E-state index contributed by atoms with van der Waals surface area (Å²) in [6.45, 7) is -0.267. The molecule has 0 spiro atoms. The van der Waals surface area contributed by atoms with Crippen molar-refractivity contribution in [1.82, 2.24) is 5.32 Å². The molecular formula is C21H16F2N2O2S. The number of fused-ring (bicyclic) bond motifs is 3. The van der Waals surface area contributed by atoms with E-state index in [4.69, 9.17) is 0 Å². The molecule has 2 aromatic carbocycles. The third-order valence-corrected chi connectivity index (χ3v) is 5.78. The fraction of sp³-hybridized carbons (Fsp3) is 0.143. The number of aryl methyl sites for hydroxylation is 2. The van der Waals surface area contributed by atoms with Gasteiger partial charge in [0.1, 0.15) is 0 Å². The molecule has 0 unspecified atom stereocenters. The highest BCUT2D eigenvalue weighted by atomic mass is 32.1. The quantitative estimate of drug-likeness (QED) is 0.693. The SMILES string of the molecule is O=C(CNC(=O)c1cc2c(s1)-c1ccccc1CC2)Nc1ccc(F)c(F)c1. The van der Waals surface area contributed by atoms with Crippen molar-refractivity contribution in [2.75, 3.05) is 11.9 Å². The van der Waals surface area contributed by atoms with Gasteiger partial charge in [-0.15, -0.1) is 11.3 Å². The summed E-state index contributed by atoms with van der Waals surface area (Å²) >= 11 is 1.41. The number of benzene rings is 2. The van der Waals surface area contributed by atoms with Crippen LogP contribution in [-0.2, 0) is 17.6 Å². The first-order valence-corrected chi connectivity index (χ1v) is 9.57. The van der Waals surface area contributed by atoms with E-state index in [0.717, 1.165) is 41.0 Å². The van der Waals surface area contributed by atoms with Crippen molar-refractivity contribution < 1.29 is 18.4 Å². The Bertz CT molecular complexity index is 1080. The highest BCUT2D eigenvalue weighted by Crippen LogP contribution is 2.39. The number of hydrogen-bond acceptors (Lipinski definition) is 3. The van der Waals surface area contributed by atoms with Gasteiger partial charge in [0, 0.05) is 16.6 Å². The topological polar surface area (TPSA) is 58.2 Å². The monoisotopic (exact) mass is 398 g/mol. The lowest BCUT2D eigenvalue weighted by molar-refractivity contribution is -0.115. The highest BCUT2D eigenvalue weighted by Gasteiger charge is 2.21. The summed E-state index contributed by atoms with van der Waals surface area (Å²) in [6.07, 6.45) is 1.82. The minimum absolute atomic E-state index is 0.126. The number of halogens is 2. The van der Waals surface area contributed by atoms with Crippen LogP contribution in [-0.4, -0.2) is 18.4 Å². The van der Waals surface area contributed by atoms with Crippen LogP contribution < -0.4 is 10.6 Å². The van der Waals surface area contributed by atoms with Gasteiger partial charge in [-0.2, -0.15) is 0 Å². The molecule has 2 N–H and O–H groups in total. The molecule has 142 valence electrons. The Morgan fingerprint density at radius 3 is 2.57 bits per heavy atom. The van der Waals surface area contributed by atoms with Gasteiger partial charge in [-0.05, 0) is 47.7 Å². The highest BCUT2D eigenvalue weighted by molar-refractivity contribution is 7.17. The fourth-order valence-electron chi connectivity index (χ4n) is 3.21. The van der Waals surface area contributed by atoms with Gasteiger partial charge in [-0.3, -0.25) is 9.59 Å². The van der Waals surface area contributed by atoms with Crippen LogP contribution in [0, 0.1) is 11.6 Å². The van der Waals surface area contributed by atoms with Crippen molar-refractivity contribution in [3.05, 3.63) is 76.2 Å². The lowest BCUT2D eigenvalue weighted by Gasteiger charge is -2.15. The Morgan fingerprint density at radius 2 is 1.75 bits per heavy atom. The summed E-state index contributed by atoms with van der Waals surface area (Å²) in [5.74, 6) is -2.90. The molecule has 0 radical (unpaired) electrons. The number of anilines is 1. The standard InChI is InChI=1S/C21H16F2N2O2S/c22-16-8-7-14(10-17(16)23)25-19(26)11-24-21(27)18-9-13-6-5-12-3-1-2-4-15(12)20(13)28-18/h1-4,7-10H,5-6,11H2,(H,24,27)(H,25,26). The second-order valence-electron chi connectivity index (χ2n) is 6.48. The van der Waals surface area contributed by atoms with E-state index in [2.05, 4.69) is 22.8 Å². The van der Waals surface area contributed by atoms with Crippen LogP contribution in [0.3, 0.4) is 0 Å². The minimum Gasteiger partial charge on any atom is -0.342 e. The second-order valence-corrected chi connectivity index (χ2v) is 7.53. The molecule has 7 heteroatoms. The lowest BCUT2D eigenvalue weighted by atomic mass is 9.91. The zero-order valence-electron chi connectivity index (χ0n) is 14.7. The van der Waals surface area contributed by atoms with Crippen molar-refractivity contribution >= 4 is 28.8 Å². The Hall–Kier alpha value is -3.06. The van der Waals surface area contributed by atoms with Gasteiger partial charge in [0.25, 0.3) is 5.91 Å². The van der Waals surface area contributed by atoms with Gasteiger partial charge in [0.15, 0.2) is 11.6 Å². The van der Waals surface area contributed by atoms with Crippen molar-refractivity contribution in [2.24, 2.45) is 0 Å². The van der Waals surface area contributed by atoms with E-state index in [1.165, 1.54) is 23.0 Å².